The Morgan fingerprint density at radius 2 is 1.62 bits per heavy atom. The SMILES string of the molecule is Cl.NC1C2CCCC1CC(C(=O)Nc1ccc(CCC(=O)N3CCCC3)cc1)C2. The number of aryl methyl sites for hydroxylation is 1. The zero-order chi connectivity index (χ0) is 19.5. The average molecular weight is 420 g/mol. The van der Waals surface area contributed by atoms with Gasteiger partial charge in [0.15, 0.2) is 0 Å². The van der Waals surface area contributed by atoms with Gasteiger partial charge in [0.1, 0.15) is 0 Å². The number of carbonyl (C=O) groups is 2. The zero-order valence-corrected chi connectivity index (χ0v) is 18.0. The third-order valence-corrected chi connectivity index (χ3v) is 7.09. The molecular formula is C23H34ClN3O2. The lowest BCUT2D eigenvalue weighted by Crippen LogP contribution is -2.48. The van der Waals surface area contributed by atoms with Gasteiger partial charge in [0.05, 0.1) is 0 Å². The van der Waals surface area contributed by atoms with Crippen molar-refractivity contribution in [3.05, 3.63) is 29.8 Å². The maximum atomic E-state index is 12.8. The van der Waals surface area contributed by atoms with E-state index in [0.29, 0.717) is 24.3 Å². The number of hydrogen-bond donors (Lipinski definition) is 2. The Hall–Kier alpha value is -1.59. The number of likely N-dealkylation sites (tertiary alicyclic amines) is 1. The molecule has 2 aliphatic carbocycles. The van der Waals surface area contributed by atoms with E-state index in [1.807, 2.05) is 29.2 Å². The van der Waals surface area contributed by atoms with Gasteiger partial charge in [-0.2, -0.15) is 0 Å². The molecule has 29 heavy (non-hydrogen) atoms. The Morgan fingerprint density at radius 3 is 2.24 bits per heavy atom. The number of halogens is 1. The zero-order valence-electron chi connectivity index (χ0n) is 17.1. The summed E-state index contributed by atoms with van der Waals surface area (Å²) >= 11 is 0. The van der Waals surface area contributed by atoms with Crippen molar-refractivity contribution in [3.63, 3.8) is 0 Å². The highest BCUT2D eigenvalue weighted by Crippen LogP contribution is 2.42. The van der Waals surface area contributed by atoms with E-state index in [4.69, 9.17) is 5.73 Å². The Labute approximate surface area is 180 Å². The van der Waals surface area contributed by atoms with E-state index in [1.165, 1.54) is 19.3 Å². The molecule has 1 aliphatic heterocycles. The van der Waals surface area contributed by atoms with Gasteiger partial charge in [-0.05, 0) is 74.5 Å². The molecule has 1 aromatic carbocycles. The molecule has 0 radical (unpaired) electrons. The quantitative estimate of drug-likeness (QED) is 0.762. The molecule has 2 unspecified atom stereocenters. The topological polar surface area (TPSA) is 75.4 Å². The highest BCUT2D eigenvalue weighted by Gasteiger charge is 2.40. The second-order valence-electron chi connectivity index (χ2n) is 8.97. The Balaban J connectivity index is 0.00000240. The van der Waals surface area contributed by atoms with E-state index in [1.54, 1.807) is 0 Å². The van der Waals surface area contributed by atoms with Crippen LogP contribution in [0.3, 0.4) is 0 Å². The third-order valence-electron chi connectivity index (χ3n) is 7.09. The molecule has 4 rings (SSSR count). The maximum absolute atomic E-state index is 12.8. The van der Waals surface area contributed by atoms with Crippen molar-refractivity contribution in [1.29, 1.82) is 0 Å². The van der Waals surface area contributed by atoms with Crippen LogP contribution in [0.5, 0.6) is 0 Å². The van der Waals surface area contributed by atoms with Crippen molar-refractivity contribution >= 4 is 29.9 Å². The predicted octanol–water partition coefficient (Wildman–Crippen LogP) is 3.76. The van der Waals surface area contributed by atoms with E-state index >= 15 is 0 Å². The highest BCUT2D eigenvalue weighted by atomic mass is 35.5. The Kier molecular flexibility index (Phi) is 7.58. The van der Waals surface area contributed by atoms with Gasteiger partial charge in [0, 0.05) is 37.2 Å². The second-order valence-corrected chi connectivity index (χ2v) is 8.97. The predicted molar refractivity (Wildman–Crippen MR) is 118 cm³/mol. The van der Waals surface area contributed by atoms with Crippen LogP contribution in [0.1, 0.15) is 56.9 Å². The standard InChI is InChI=1S/C23H33N3O2.ClH/c24-22-17-4-3-5-18(22)15-19(14-17)23(28)25-20-9-6-16(7-10-20)8-11-21(27)26-12-1-2-13-26;/h6-7,9-10,17-19,22H,1-5,8,11-15,24H2,(H,25,28);1H. The summed E-state index contributed by atoms with van der Waals surface area (Å²) in [7, 11) is 0. The van der Waals surface area contributed by atoms with E-state index in [9.17, 15) is 9.59 Å². The van der Waals surface area contributed by atoms with Crippen LogP contribution >= 0.6 is 12.4 Å². The van der Waals surface area contributed by atoms with Gasteiger partial charge in [-0.3, -0.25) is 9.59 Å². The molecule has 3 aliphatic rings. The van der Waals surface area contributed by atoms with Crippen LogP contribution < -0.4 is 11.1 Å². The molecule has 1 aromatic rings. The van der Waals surface area contributed by atoms with E-state index in [-0.39, 0.29) is 30.1 Å². The summed E-state index contributed by atoms with van der Waals surface area (Å²) in [4.78, 5) is 26.9. The fraction of sp³-hybridized carbons (Fsp3) is 0.652. The molecule has 3 N–H and O–H groups in total. The van der Waals surface area contributed by atoms with Crippen molar-refractivity contribution < 1.29 is 9.59 Å². The fourth-order valence-corrected chi connectivity index (χ4v) is 5.38. The smallest absolute Gasteiger partial charge is 0.227 e. The van der Waals surface area contributed by atoms with Gasteiger partial charge in [0.25, 0.3) is 0 Å². The van der Waals surface area contributed by atoms with E-state index in [0.717, 1.165) is 56.4 Å². The summed E-state index contributed by atoms with van der Waals surface area (Å²) in [6.07, 6.45) is 9.06. The molecule has 6 heteroatoms. The van der Waals surface area contributed by atoms with Crippen molar-refractivity contribution in [2.45, 2.75) is 63.8 Å². The van der Waals surface area contributed by atoms with Crippen LogP contribution in [0.2, 0.25) is 0 Å². The first kappa shape index (κ1) is 22.1. The molecule has 2 atom stereocenters. The lowest BCUT2D eigenvalue weighted by Gasteiger charge is -2.43. The molecule has 1 heterocycles. The average Bonchev–Trinajstić information content (AvgIpc) is 3.22. The third kappa shape index (κ3) is 5.32. The Morgan fingerprint density at radius 1 is 1.00 bits per heavy atom. The van der Waals surface area contributed by atoms with Crippen molar-refractivity contribution in [2.75, 3.05) is 18.4 Å². The van der Waals surface area contributed by atoms with Crippen molar-refractivity contribution in [3.8, 4) is 0 Å². The monoisotopic (exact) mass is 419 g/mol. The van der Waals surface area contributed by atoms with Crippen LogP contribution in [0, 0.1) is 17.8 Å². The number of carbonyl (C=O) groups excluding carboxylic acids is 2. The van der Waals surface area contributed by atoms with Crippen LogP contribution in [-0.4, -0.2) is 35.8 Å². The molecule has 2 saturated carbocycles. The first-order valence-corrected chi connectivity index (χ1v) is 11.0. The van der Waals surface area contributed by atoms with E-state index < -0.39 is 0 Å². The van der Waals surface area contributed by atoms with Crippen LogP contribution in [-0.2, 0) is 16.0 Å². The minimum absolute atomic E-state index is 0. The van der Waals surface area contributed by atoms with Crippen molar-refractivity contribution in [1.82, 2.24) is 4.90 Å². The van der Waals surface area contributed by atoms with Gasteiger partial charge < -0.3 is 16.0 Å². The normalized spacial score (nSPS) is 28.5. The lowest BCUT2D eigenvalue weighted by molar-refractivity contribution is -0.130. The van der Waals surface area contributed by atoms with Crippen LogP contribution in [0.4, 0.5) is 5.69 Å². The summed E-state index contributed by atoms with van der Waals surface area (Å²) in [5.74, 6) is 1.52. The second kappa shape index (κ2) is 9.94. The molecule has 1 saturated heterocycles. The molecule has 0 aromatic heterocycles. The fourth-order valence-electron chi connectivity index (χ4n) is 5.38. The molecule has 3 fully saturated rings. The minimum atomic E-state index is 0. The number of fused-ring (bicyclic) bond motifs is 2. The number of anilines is 1. The molecular weight excluding hydrogens is 386 g/mol. The van der Waals surface area contributed by atoms with Crippen LogP contribution in [0.25, 0.3) is 0 Å². The summed E-state index contributed by atoms with van der Waals surface area (Å²) < 4.78 is 0. The maximum Gasteiger partial charge on any atom is 0.227 e. The van der Waals surface area contributed by atoms with Gasteiger partial charge in [-0.1, -0.05) is 18.6 Å². The van der Waals surface area contributed by atoms with Gasteiger partial charge >= 0.3 is 0 Å². The highest BCUT2D eigenvalue weighted by molar-refractivity contribution is 5.92. The summed E-state index contributed by atoms with van der Waals surface area (Å²) in [6, 6.07) is 8.27. The number of benzene rings is 1. The molecule has 2 bridgehead atoms. The number of nitrogens with one attached hydrogen (secondary N) is 1. The molecule has 160 valence electrons. The van der Waals surface area contributed by atoms with Crippen molar-refractivity contribution in [2.24, 2.45) is 23.5 Å². The number of rotatable bonds is 5. The first-order valence-electron chi connectivity index (χ1n) is 11.0. The number of hydrogen-bond acceptors (Lipinski definition) is 3. The first-order chi connectivity index (χ1) is 13.6. The number of amides is 2. The van der Waals surface area contributed by atoms with Gasteiger partial charge in [-0.15, -0.1) is 12.4 Å². The minimum Gasteiger partial charge on any atom is -0.343 e. The number of nitrogens with zero attached hydrogens (tertiary/aromatic N) is 1. The van der Waals surface area contributed by atoms with Gasteiger partial charge in [0.2, 0.25) is 11.8 Å². The summed E-state index contributed by atoms with van der Waals surface area (Å²) in [6.45, 7) is 1.83. The summed E-state index contributed by atoms with van der Waals surface area (Å²) in [5.41, 5.74) is 8.34. The lowest BCUT2D eigenvalue weighted by atomic mass is 9.65. The largest absolute Gasteiger partial charge is 0.343 e. The van der Waals surface area contributed by atoms with Gasteiger partial charge in [-0.25, -0.2) is 0 Å². The van der Waals surface area contributed by atoms with E-state index in [2.05, 4.69) is 5.32 Å². The Bertz CT molecular complexity index is 689. The van der Waals surface area contributed by atoms with Crippen LogP contribution in [0.15, 0.2) is 24.3 Å². The molecule has 0 spiro atoms. The molecule has 5 nitrogen and oxygen atoms in total. The summed E-state index contributed by atoms with van der Waals surface area (Å²) in [5, 5.41) is 3.10. The number of nitrogens with two attached hydrogens (primary N) is 1. The molecule has 2 amide bonds.